The van der Waals surface area contributed by atoms with Crippen molar-refractivity contribution in [3.63, 3.8) is 0 Å². The molecule has 0 amide bonds. The molecule has 0 saturated heterocycles. The first-order valence-electron chi connectivity index (χ1n) is 10.7. The van der Waals surface area contributed by atoms with Crippen LogP contribution >= 0.6 is 0 Å². The second kappa shape index (κ2) is 19.0. The lowest BCUT2D eigenvalue weighted by molar-refractivity contribution is -0.131. The molecule has 0 heterocycles. The first kappa shape index (κ1) is 15.4. The van der Waals surface area contributed by atoms with Gasteiger partial charge in [-0.15, -0.1) is 0 Å². The first-order valence-corrected chi connectivity index (χ1v) is 8.67. The summed E-state index contributed by atoms with van der Waals surface area (Å²) in [5.41, 5.74) is 0. The van der Waals surface area contributed by atoms with Gasteiger partial charge in [0.05, 0.1) is 5.48 Å². The van der Waals surface area contributed by atoms with E-state index in [1.54, 1.807) is 12.2 Å². The van der Waals surface area contributed by atoms with Crippen LogP contribution in [0.1, 0.15) is 63.8 Å². The zero-order valence-electron chi connectivity index (χ0n) is 18.6. The van der Waals surface area contributed by atoms with Crippen LogP contribution < -0.4 is 0 Å². The summed E-state index contributed by atoms with van der Waals surface area (Å²) in [5.74, 6) is -1.59. The Morgan fingerprint density at radius 1 is 0.792 bits per heavy atom. The van der Waals surface area contributed by atoms with Crippen LogP contribution in [0, 0.1) is 0 Å². The maximum Gasteiger partial charge on any atom is 0.328 e. The molecule has 1 N–H and O–H groups in total. The van der Waals surface area contributed by atoms with Gasteiger partial charge in [0, 0.05) is 6.05 Å². The minimum Gasteiger partial charge on any atom is -0.478 e. The number of allylic oxidation sites excluding steroid dienone is 11. The van der Waals surface area contributed by atoms with Crippen molar-refractivity contribution in [3.8, 4) is 0 Å². The molecule has 2 nitrogen and oxygen atoms in total. The quantitative estimate of drug-likeness (QED) is 0.222. The predicted molar refractivity (Wildman–Crippen MR) is 105 cm³/mol. The molecule has 0 radical (unpaired) electrons. The molecule has 2 heteroatoms. The van der Waals surface area contributed by atoms with Gasteiger partial charge in [-0.3, -0.25) is 0 Å². The van der Waals surface area contributed by atoms with Gasteiger partial charge in [0.2, 0.25) is 0 Å². The van der Waals surface area contributed by atoms with Gasteiger partial charge in [0.25, 0.3) is 0 Å². The van der Waals surface area contributed by atoms with E-state index in [2.05, 4.69) is 13.0 Å². The predicted octanol–water partition coefficient (Wildman–Crippen LogP) is 6.55. The molecule has 0 unspecified atom stereocenters. The maximum absolute atomic E-state index is 10.6. The van der Waals surface area contributed by atoms with E-state index in [0.717, 1.165) is 6.42 Å². The molecular formula is C22H32O2. The summed E-state index contributed by atoms with van der Waals surface area (Å²) in [5, 5.41) is 8.63. The Morgan fingerprint density at radius 2 is 1.38 bits per heavy atom. The summed E-state index contributed by atoms with van der Waals surface area (Å²) in [6, 6.07) is -2.69. The van der Waals surface area contributed by atoms with E-state index < -0.39 is 24.1 Å². The summed E-state index contributed by atoms with van der Waals surface area (Å²) >= 11 is 0. The molecule has 0 atom stereocenters. The summed E-state index contributed by atoms with van der Waals surface area (Å²) < 4.78 is 29.7. The summed E-state index contributed by atoms with van der Waals surface area (Å²) in [6.45, 7) is 2.23. The molecule has 0 aromatic carbocycles. The minimum absolute atomic E-state index is 0.320. The summed E-state index contributed by atoms with van der Waals surface area (Å²) in [7, 11) is 0. The molecule has 0 rings (SSSR count). The largest absolute Gasteiger partial charge is 0.478 e. The molecule has 0 bridgehead atoms. The van der Waals surface area contributed by atoms with Crippen molar-refractivity contribution >= 4 is 5.97 Å². The molecule has 0 aromatic rings. The standard InChI is InChI=1S/C22H32O2/c1-2-3-4-5-6-7-8-9-10-11-12-13-14-15-16-17-18-19-20-21-22(23)24/h10-21H,2-9H2,1H3,(H,23,24)/i18D,19D,20D,21D. The number of carbonyl (C=O) groups is 1. The van der Waals surface area contributed by atoms with Gasteiger partial charge in [-0.2, -0.15) is 0 Å². The van der Waals surface area contributed by atoms with Crippen LogP contribution in [-0.2, 0) is 4.79 Å². The second-order valence-electron chi connectivity index (χ2n) is 5.29. The van der Waals surface area contributed by atoms with Crippen molar-refractivity contribution in [3.05, 3.63) is 72.8 Å². The third-order valence-electron chi connectivity index (χ3n) is 3.15. The molecular weight excluding hydrogens is 296 g/mol. The number of hydrogen-bond acceptors (Lipinski definition) is 1. The Hall–Kier alpha value is -2.09. The molecule has 0 aliphatic carbocycles. The van der Waals surface area contributed by atoms with Gasteiger partial charge in [-0.25, -0.2) is 4.79 Å². The smallest absolute Gasteiger partial charge is 0.328 e. The van der Waals surface area contributed by atoms with Gasteiger partial charge in [-0.1, -0.05) is 112 Å². The second-order valence-corrected chi connectivity index (χ2v) is 5.29. The number of carboxylic acid groups (broad SMARTS) is 1. The number of unbranched alkanes of at least 4 members (excludes halogenated alkanes) is 7. The number of hydrogen-bond donors (Lipinski definition) is 1. The van der Waals surface area contributed by atoms with E-state index in [1.165, 1.54) is 57.1 Å². The highest BCUT2D eigenvalue weighted by Crippen LogP contribution is 2.08. The normalized spacial score (nSPS) is 17.0. The number of aliphatic carboxylic acids is 1. The topological polar surface area (TPSA) is 37.3 Å². The highest BCUT2D eigenvalue weighted by molar-refractivity contribution is 5.80. The van der Waals surface area contributed by atoms with Crippen molar-refractivity contribution in [2.75, 3.05) is 0 Å². The summed E-state index contributed by atoms with van der Waals surface area (Å²) in [4.78, 5) is 10.6. The van der Waals surface area contributed by atoms with Crippen LogP contribution in [0.2, 0.25) is 0 Å². The highest BCUT2D eigenvalue weighted by atomic mass is 16.4. The molecule has 0 aromatic heterocycles. The van der Waals surface area contributed by atoms with E-state index in [-0.39, 0.29) is 6.05 Å². The minimum atomic E-state index is -1.59. The van der Waals surface area contributed by atoms with E-state index in [4.69, 9.17) is 10.6 Å². The highest BCUT2D eigenvalue weighted by Gasteiger charge is 1.88. The number of rotatable bonds is 14. The van der Waals surface area contributed by atoms with Crippen LogP contribution in [0.5, 0.6) is 0 Å². The lowest BCUT2D eigenvalue weighted by atomic mass is 10.1. The Bertz CT molecular complexity index is 641. The molecule has 0 aliphatic heterocycles. The maximum atomic E-state index is 10.6. The van der Waals surface area contributed by atoms with E-state index in [0.29, 0.717) is 0 Å². The Kier molecular flexibility index (Phi) is 12.2. The van der Waals surface area contributed by atoms with E-state index >= 15 is 0 Å². The Balaban J connectivity index is 4.18. The van der Waals surface area contributed by atoms with Crippen molar-refractivity contribution in [1.29, 1.82) is 0 Å². The zero-order chi connectivity index (χ0) is 21.2. The van der Waals surface area contributed by atoms with Gasteiger partial charge >= 0.3 is 5.97 Å². The fraction of sp³-hybridized carbons (Fsp3) is 0.409. The molecule has 0 saturated carbocycles. The third-order valence-corrected chi connectivity index (χ3v) is 3.15. The Labute approximate surface area is 153 Å². The van der Waals surface area contributed by atoms with Crippen LogP contribution in [0.15, 0.2) is 72.8 Å². The fourth-order valence-electron chi connectivity index (χ4n) is 1.92. The van der Waals surface area contributed by atoms with Crippen LogP contribution in [0.4, 0.5) is 0 Å². The fourth-order valence-corrected chi connectivity index (χ4v) is 1.92. The molecule has 0 aliphatic rings. The van der Waals surface area contributed by atoms with Gasteiger partial charge in [0.15, 0.2) is 0 Å². The van der Waals surface area contributed by atoms with Crippen molar-refractivity contribution in [2.24, 2.45) is 0 Å². The van der Waals surface area contributed by atoms with Gasteiger partial charge < -0.3 is 5.11 Å². The molecule has 0 spiro atoms. The molecule has 132 valence electrons. The van der Waals surface area contributed by atoms with Gasteiger partial charge in [-0.05, 0) is 12.8 Å². The monoisotopic (exact) mass is 332 g/mol. The van der Waals surface area contributed by atoms with Crippen LogP contribution in [0.25, 0.3) is 0 Å². The lowest BCUT2D eigenvalue weighted by Gasteiger charge is -1.98. The van der Waals surface area contributed by atoms with Crippen molar-refractivity contribution in [2.45, 2.75) is 58.3 Å². The third kappa shape index (κ3) is 19.9. The Morgan fingerprint density at radius 3 is 2.04 bits per heavy atom. The van der Waals surface area contributed by atoms with Crippen molar-refractivity contribution < 1.29 is 15.4 Å². The lowest BCUT2D eigenvalue weighted by Crippen LogP contribution is -1.84. The molecule has 24 heavy (non-hydrogen) atoms. The van der Waals surface area contributed by atoms with Crippen LogP contribution in [-0.4, -0.2) is 11.1 Å². The first-order chi connectivity index (χ1) is 13.4. The van der Waals surface area contributed by atoms with Crippen LogP contribution in [0.3, 0.4) is 0 Å². The average molecular weight is 333 g/mol. The van der Waals surface area contributed by atoms with E-state index in [9.17, 15) is 4.79 Å². The van der Waals surface area contributed by atoms with Gasteiger partial charge in [0.1, 0.15) is 0 Å². The molecule has 0 fully saturated rings. The van der Waals surface area contributed by atoms with E-state index in [1.807, 2.05) is 18.2 Å². The SMILES string of the molecule is [2H]C(C=CC=CC=CC=CCCCCCCCCC)=C([2H])C([2H])=C([2H])C(=O)O. The zero-order valence-corrected chi connectivity index (χ0v) is 14.6. The van der Waals surface area contributed by atoms with Crippen molar-refractivity contribution in [1.82, 2.24) is 0 Å². The average Bonchev–Trinajstić information content (AvgIpc) is 2.68. The number of carboxylic acids is 1. The summed E-state index contributed by atoms with van der Waals surface area (Å²) in [6.07, 6.45) is 24.4.